The molecule has 2 heterocycles. The van der Waals surface area contributed by atoms with Gasteiger partial charge in [0.05, 0.1) is 11.1 Å². The fourth-order valence-corrected chi connectivity index (χ4v) is 3.46. The van der Waals surface area contributed by atoms with Gasteiger partial charge in [-0.1, -0.05) is 0 Å². The number of aromatic nitrogens is 2. The number of rotatable bonds is 3. The number of nitrogens with one attached hydrogen (secondary N) is 2. The van der Waals surface area contributed by atoms with Crippen molar-refractivity contribution in [2.45, 2.75) is 6.92 Å². The molecule has 21 heavy (non-hydrogen) atoms. The van der Waals surface area contributed by atoms with Crippen LogP contribution in [0.5, 0.6) is 0 Å². The van der Waals surface area contributed by atoms with Crippen molar-refractivity contribution in [1.29, 1.82) is 0 Å². The number of hydrogen-bond acceptors (Lipinski definition) is 5. The van der Waals surface area contributed by atoms with Gasteiger partial charge in [-0.3, -0.25) is 0 Å². The van der Waals surface area contributed by atoms with E-state index in [1.807, 2.05) is 6.92 Å². The van der Waals surface area contributed by atoms with Crippen molar-refractivity contribution in [3.63, 3.8) is 0 Å². The molecule has 0 aliphatic heterocycles. The van der Waals surface area contributed by atoms with Gasteiger partial charge < -0.3 is 10.6 Å². The molecule has 0 fully saturated rings. The number of fused-ring (bicyclic) bond motifs is 1. The lowest BCUT2D eigenvalue weighted by Gasteiger charge is -2.10. The Morgan fingerprint density at radius 3 is 2.76 bits per heavy atom. The average molecular weight is 414 g/mol. The van der Waals surface area contributed by atoms with E-state index in [2.05, 4.69) is 49.3 Å². The van der Waals surface area contributed by atoms with Crippen LogP contribution in [-0.2, 0) is 0 Å². The minimum Gasteiger partial charge on any atom is -0.357 e. The van der Waals surface area contributed by atoms with Gasteiger partial charge in [-0.25, -0.2) is 9.37 Å². The molecule has 108 valence electrons. The summed E-state index contributed by atoms with van der Waals surface area (Å²) in [7, 11) is 1.78. The number of benzene rings is 1. The topological polar surface area (TPSA) is 49.8 Å². The predicted octanol–water partition coefficient (Wildman–Crippen LogP) is 4.53. The third-order valence-corrected chi connectivity index (χ3v) is 4.76. The van der Waals surface area contributed by atoms with Gasteiger partial charge in [0.25, 0.3) is 0 Å². The molecule has 7 heteroatoms. The third-order valence-electron chi connectivity index (χ3n) is 2.92. The lowest BCUT2D eigenvalue weighted by molar-refractivity contribution is 0.627. The molecule has 0 amide bonds. The maximum Gasteiger partial charge on any atom is 0.225 e. The monoisotopic (exact) mass is 414 g/mol. The number of aryl methyl sites for hydroxylation is 1. The van der Waals surface area contributed by atoms with Crippen molar-refractivity contribution in [2.24, 2.45) is 0 Å². The van der Waals surface area contributed by atoms with E-state index in [1.165, 1.54) is 17.0 Å². The fraction of sp³-hybridized carbons (Fsp3) is 0.143. The Hall–Kier alpha value is -1.48. The van der Waals surface area contributed by atoms with E-state index in [4.69, 9.17) is 0 Å². The molecule has 3 aromatic rings. The van der Waals surface area contributed by atoms with Gasteiger partial charge >= 0.3 is 0 Å². The zero-order chi connectivity index (χ0) is 15.0. The summed E-state index contributed by atoms with van der Waals surface area (Å²) in [4.78, 5) is 11.0. The maximum atomic E-state index is 13.2. The van der Waals surface area contributed by atoms with Gasteiger partial charge in [-0.2, -0.15) is 4.98 Å². The van der Waals surface area contributed by atoms with Crippen molar-refractivity contribution >= 4 is 61.6 Å². The zero-order valence-corrected chi connectivity index (χ0v) is 14.3. The summed E-state index contributed by atoms with van der Waals surface area (Å²) in [5.41, 5.74) is 0.822. The normalized spacial score (nSPS) is 10.9. The van der Waals surface area contributed by atoms with Gasteiger partial charge in [0.2, 0.25) is 5.95 Å². The molecule has 0 spiro atoms. The highest BCUT2D eigenvalue weighted by molar-refractivity contribution is 14.1. The summed E-state index contributed by atoms with van der Waals surface area (Å²) >= 11 is 3.72. The Morgan fingerprint density at radius 2 is 2.05 bits per heavy atom. The molecule has 0 radical (unpaired) electrons. The molecule has 0 atom stereocenters. The Labute approximate surface area is 139 Å². The van der Waals surface area contributed by atoms with Crippen LogP contribution >= 0.6 is 33.9 Å². The van der Waals surface area contributed by atoms with Crippen molar-refractivity contribution in [3.05, 3.63) is 38.5 Å². The maximum absolute atomic E-state index is 13.2. The van der Waals surface area contributed by atoms with Crippen LogP contribution in [0.3, 0.4) is 0 Å². The highest BCUT2D eigenvalue weighted by Gasteiger charge is 2.11. The van der Waals surface area contributed by atoms with Crippen LogP contribution in [-0.4, -0.2) is 17.0 Å². The molecule has 2 aromatic heterocycles. The number of nitrogens with zero attached hydrogens (tertiary/aromatic N) is 2. The van der Waals surface area contributed by atoms with Crippen molar-refractivity contribution in [2.75, 3.05) is 17.7 Å². The van der Waals surface area contributed by atoms with E-state index in [0.29, 0.717) is 5.95 Å². The van der Waals surface area contributed by atoms with E-state index in [-0.39, 0.29) is 5.82 Å². The molecule has 0 aliphatic rings. The molecule has 0 bridgehead atoms. The highest BCUT2D eigenvalue weighted by atomic mass is 127. The summed E-state index contributed by atoms with van der Waals surface area (Å²) in [5.74, 6) is 1.03. The first-order valence-corrected chi connectivity index (χ1v) is 8.14. The second kappa shape index (κ2) is 5.72. The van der Waals surface area contributed by atoms with Gasteiger partial charge in [0.15, 0.2) is 0 Å². The summed E-state index contributed by atoms with van der Waals surface area (Å²) in [6.45, 7) is 2.04. The van der Waals surface area contributed by atoms with Crippen LogP contribution in [0.15, 0.2) is 24.3 Å². The van der Waals surface area contributed by atoms with E-state index in [0.717, 1.165) is 25.3 Å². The molecule has 0 aliphatic carbocycles. The largest absolute Gasteiger partial charge is 0.357 e. The zero-order valence-electron chi connectivity index (χ0n) is 11.4. The van der Waals surface area contributed by atoms with Crippen molar-refractivity contribution in [3.8, 4) is 0 Å². The smallest absolute Gasteiger partial charge is 0.225 e. The molecule has 4 nitrogen and oxygen atoms in total. The molecule has 0 saturated heterocycles. The highest BCUT2D eigenvalue weighted by Crippen LogP contribution is 2.32. The van der Waals surface area contributed by atoms with Crippen LogP contribution in [0.4, 0.5) is 21.8 Å². The molecule has 1 aromatic carbocycles. The van der Waals surface area contributed by atoms with Crippen molar-refractivity contribution in [1.82, 2.24) is 9.97 Å². The van der Waals surface area contributed by atoms with E-state index < -0.39 is 0 Å². The first-order chi connectivity index (χ1) is 10.1. The molecule has 0 unspecified atom stereocenters. The second-order valence-corrected chi connectivity index (χ2v) is 6.87. The first-order valence-electron chi connectivity index (χ1n) is 6.25. The molecule has 3 rings (SSSR count). The van der Waals surface area contributed by atoms with Crippen LogP contribution < -0.4 is 10.6 Å². The predicted molar refractivity (Wildman–Crippen MR) is 94.1 cm³/mol. The Bertz CT molecular complexity index is 818. The first kappa shape index (κ1) is 14.5. The minimum atomic E-state index is -0.250. The van der Waals surface area contributed by atoms with Gasteiger partial charge in [-0.15, -0.1) is 11.3 Å². The lowest BCUT2D eigenvalue weighted by Crippen LogP contribution is -2.01. The summed E-state index contributed by atoms with van der Waals surface area (Å²) < 4.78 is 14.0. The molecule has 0 saturated carbocycles. The quantitative estimate of drug-likeness (QED) is 0.619. The standard InChI is InChI=1S/C14H12FIN4S/c1-7-5-9-12(19-14(17-2)20-13(9)21-7)18-11-4-3-8(15)6-10(11)16/h3-6H,1-2H3,(H2,17,18,19,20). The van der Waals surface area contributed by atoms with Crippen LogP contribution in [0.1, 0.15) is 4.88 Å². The molecule has 2 N–H and O–H groups in total. The minimum absolute atomic E-state index is 0.250. The van der Waals surface area contributed by atoms with Gasteiger partial charge in [-0.05, 0) is 53.8 Å². The molecular weight excluding hydrogens is 402 g/mol. The SMILES string of the molecule is CNc1nc(Nc2ccc(F)cc2I)c2cc(C)sc2n1. The van der Waals surface area contributed by atoms with Crippen molar-refractivity contribution < 1.29 is 4.39 Å². The average Bonchev–Trinajstić information content (AvgIpc) is 2.82. The van der Waals surface area contributed by atoms with Crippen LogP contribution in [0.25, 0.3) is 10.2 Å². The summed E-state index contributed by atoms with van der Waals surface area (Å²) in [6.07, 6.45) is 0. The Balaban J connectivity index is 2.10. The lowest BCUT2D eigenvalue weighted by atomic mass is 10.3. The van der Waals surface area contributed by atoms with Crippen LogP contribution in [0.2, 0.25) is 0 Å². The van der Waals surface area contributed by atoms with E-state index in [1.54, 1.807) is 24.5 Å². The summed E-state index contributed by atoms with van der Waals surface area (Å²) in [6, 6.07) is 6.68. The van der Waals surface area contributed by atoms with E-state index >= 15 is 0 Å². The second-order valence-electron chi connectivity index (χ2n) is 4.47. The van der Waals surface area contributed by atoms with Gasteiger partial charge in [0.1, 0.15) is 16.5 Å². The van der Waals surface area contributed by atoms with Gasteiger partial charge in [0, 0.05) is 15.5 Å². The summed E-state index contributed by atoms with van der Waals surface area (Å²) in [5, 5.41) is 7.20. The Kier molecular flexibility index (Phi) is 3.94. The number of anilines is 3. The number of thiophene rings is 1. The Morgan fingerprint density at radius 1 is 1.24 bits per heavy atom. The number of hydrogen-bond donors (Lipinski definition) is 2. The fourth-order valence-electron chi connectivity index (χ4n) is 1.97. The third kappa shape index (κ3) is 2.93. The number of halogens is 2. The van der Waals surface area contributed by atoms with E-state index in [9.17, 15) is 4.39 Å². The molecular formula is C14H12FIN4S. The van der Waals surface area contributed by atoms with Crippen LogP contribution in [0, 0.1) is 16.3 Å².